The van der Waals surface area contributed by atoms with Gasteiger partial charge in [-0.15, -0.1) is 9.24 Å². The second kappa shape index (κ2) is 7.47. The Hall–Kier alpha value is -2.53. The number of alkyl halides is 2. The van der Waals surface area contributed by atoms with Crippen molar-refractivity contribution in [2.24, 2.45) is 0 Å². The van der Waals surface area contributed by atoms with E-state index in [2.05, 4.69) is 4.74 Å². The molecule has 0 aliphatic heterocycles. The zero-order valence-electron chi connectivity index (χ0n) is 14.4. The van der Waals surface area contributed by atoms with Crippen LogP contribution in [0.15, 0.2) is 48.5 Å². The van der Waals surface area contributed by atoms with Gasteiger partial charge in [0.15, 0.2) is 11.6 Å². The molecule has 1 atom stereocenters. The van der Waals surface area contributed by atoms with Gasteiger partial charge in [0.05, 0.1) is 0 Å². The minimum atomic E-state index is -4.46. The van der Waals surface area contributed by atoms with Crippen LogP contribution in [0.4, 0.5) is 26.3 Å². The fourth-order valence-corrected chi connectivity index (χ4v) is 2.91. The van der Waals surface area contributed by atoms with Crippen LogP contribution in [0.1, 0.15) is 11.1 Å². The summed E-state index contributed by atoms with van der Waals surface area (Å²) in [5.74, 6) is -6.55. The highest BCUT2D eigenvalue weighted by atomic mass is 31.0. The average molecular weight is 414 g/mol. The van der Waals surface area contributed by atoms with Gasteiger partial charge >= 0.3 is 6.11 Å². The molecule has 0 spiro atoms. The van der Waals surface area contributed by atoms with Crippen molar-refractivity contribution in [1.29, 1.82) is 0 Å². The number of ether oxygens (including phenoxy) is 1. The summed E-state index contributed by atoms with van der Waals surface area (Å²) in [4.78, 5) is 0. The standard InChI is InChI=1S/C20H13F6OP/c1-10-2-4-11(5-3-10)12-6-14(21)18(15(22)7-12)20(25,26)27-13-8-16(23)19(24)17(28)9-13/h2-9H,28H2,1H3. The highest BCUT2D eigenvalue weighted by Gasteiger charge is 2.41. The molecule has 0 fully saturated rings. The Balaban J connectivity index is 1.99. The van der Waals surface area contributed by atoms with Crippen molar-refractivity contribution >= 4 is 14.5 Å². The van der Waals surface area contributed by atoms with Crippen LogP contribution in [0.5, 0.6) is 5.75 Å². The zero-order chi connectivity index (χ0) is 20.6. The maximum atomic E-state index is 14.4. The second-order valence-electron chi connectivity index (χ2n) is 6.11. The first kappa shape index (κ1) is 20.2. The fourth-order valence-electron chi connectivity index (χ4n) is 2.61. The van der Waals surface area contributed by atoms with E-state index in [9.17, 15) is 26.3 Å². The van der Waals surface area contributed by atoms with E-state index < -0.39 is 40.7 Å². The minimum Gasteiger partial charge on any atom is -0.429 e. The summed E-state index contributed by atoms with van der Waals surface area (Å²) < 4.78 is 88.4. The molecule has 3 aromatic rings. The smallest absolute Gasteiger partial charge is 0.429 e. The van der Waals surface area contributed by atoms with Gasteiger partial charge in [-0.05, 0) is 36.2 Å². The summed E-state index contributed by atoms with van der Waals surface area (Å²) in [5.41, 5.74) is -0.207. The van der Waals surface area contributed by atoms with Gasteiger partial charge in [-0.1, -0.05) is 29.8 Å². The van der Waals surface area contributed by atoms with Crippen molar-refractivity contribution < 1.29 is 31.1 Å². The second-order valence-corrected chi connectivity index (χ2v) is 6.73. The third-order valence-corrected chi connectivity index (χ3v) is 4.41. The molecule has 0 aromatic heterocycles. The van der Waals surface area contributed by atoms with Gasteiger partial charge in [-0.2, -0.15) is 8.78 Å². The van der Waals surface area contributed by atoms with Crippen LogP contribution >= 0.6 is 9.24 Å². The number of aryl methyl sites for hydroxylation is 1. The predicted octanol–water partition coefficient (Wildman–Crippen LogP) is 5.85. The van der Waals surface area contributed by atoms with Crippen molar-refractivity contribution in [3.05, 3.63) is 82.9 Å². The number of halogens is 6. The predicted molar refractivity (Wildman–Crippen MR) is 96.8 cm³/mol. The number of hydrogen-bond acceptors (Lipinski definition) is 1. The van der Waals surface area contributed by atoms with Gasteiger partial charge in [0.2, 0.25) is 0 Å². The maximum absolute atomic E-state index is 14.4. The number of hydrogen-bond donors (Lipinski definition) is 0. The number of rotatable bonds is 4. The zero-order valence-corrected chi connectivity index (χ0v) is 15.5. The minimum absolute atomic E-state index is 0.0645. The van der Waals surface area contributed by atoms with E-state index in [0.717, 1.165) is 23.8 Å². The lowest BCUT2D eigenvalue weighted by atomic mass is 10.0. The van der Waals surface area contributed by atoms with Crippen molar-refractivity contribution in [3.63, 3.8) is 0 Å². The summed E-state index contributed by atoms with van der Waals surface area (Å²) >= 11 is 0. The van der Waals surface area contributed by atoms with Crippen molar-refractivity contribution in [1.82, 2.24) is 0 Å². The van der Waals surface area contributed by atoms with Gasteiger partial charge < -0.3 is 4.74 Å². The molecule has 0 radical (unpaired) electrons. The molecule has 146 valence electrons. The van der Waals surface area contributed by atoms with Crippen LogP contribution in [0, 0.1) is 30.2 Å². The molecule has 3 rings (SSSR count). The maximum Gasteiger partial charge on any atom is 0.432 e. The topological polar surface area (TPSA) is 9.23 Å². The first-order valence-corrected chi connectivity index (χ1v) is 8.54. The van der Waals surface area contributed by atoms with Crippen LogP contribution in [-0.4, -0.2) is 0 Å². The summed E-state index contributed by atoms with van der Waals surface area (Å²) in [6.07, 6.45) is -4.46. The Bertz CT molecular complexity index is 987. The van der Waals surface area contributed by atoms with E-state index in [1.165, 1.54) is 0 Å². The largest absolute Gasteiger partial charge is 0.432 e. The summed E-state index contributed by atoms with van der Waals surface area (Å²) in [6, 6.07) is 9.26. The summed E-state index contributed by atoms with van der Waals surface area (Å²) in [7, 11) is 1.81. The Kier molecular flexibility index (Phi) is 5.39. The Morgan fingerprint density at radius 2 is 1.36 bits per heavy atom. The van der Waals surface area contributed by atoms with Gasteiger partial charge in [-0.25, -0.2) is 17.6 Å². The molecule has 3 aromatic carbocycles. The van der Waals surface area contributed by atoms with E-state index in [1.807, 2.05) is 16.2 Å². The van der Waals surface area contributed by atoms with Crippen molar-refractivity contribution in [2.45, 2.75) is 13.0 Å². The molecule has 1 unspecified atom stereocenters. The van der Waals surface area contributed by atoms with E-state index in [4.69, 9.17) is 0 Å². The van der Waals surface area contributed by atoms with E-state index >= 15 is 0 Å². The molecule has 0 heterocycles. The molecule has 0 aliphatic carbocycles. The molecule has 28 heavy (non-hydrogen) atoms. The van der Waals surface area contributed by atoms with Gasteiger partial charge in [0.1, 0.15) is 22.9 Å². The molecule has 0 bridgehead atoms. The lowest BCUT2D eigenvalue weighted by molar-refractivity contribution is -0.189. The Morgan fingerprint density at radius 3 is 1.89 bits per heavy atom. The van der Waals surface area contributed by atoms with E-state index in [1.54, 1.807) is 24.3 Å². The lowest BCUT2D eigenvalue weighted by Gasteiger charge is -2.20. The molecule has 0 saturated heterocycles. The van der Waals surface area contributed by atoms with Crippen LogP contribution in [-0.2, 0) is 6.11 Å². The first-order valence-electron chi connectivity index (χ1n) is 7.96. The molecule has 0 amide bonds. The van der Waals surface area contributed by atoms with Crippen LogP contribution in [0.2, 0.25) is 0 Å². The average Bonchev–Trinajstić information content (AvgIpc) is 2.59. The Morgan fingerprint density at radius 1 is 0.786 bits per heavy atom. The highest BCUT2D eigenvalue weighted by Crippen LogP contribution is 2.37. The van der Waals surface area contributed by atoms with Gasteiger partial charge in [-0.3, -0.25) is 0 Å². The molecule has 0 aliphatic rings. The van der Waals surface area contributed by atoms with Crippen LogP contribution < -0.4 is 10.0 Å². The molecule has 1 nitrogen and oxygen atoms in total. The number of benzene rings is 3. The first-order chi connectivity index (χ1) is 13.1. The van der Waals surface area contributed by atoms with Gasteiger partial charge in [0.25, 0.3) is 0 Å². The van der Waals surface area contributed by atoms with Crippen molar-refractivity contribution in [2.75, 3.05) is 0 Å². The van der Waals surface area contributed by atoms with E-state index in [-0.39, 0.29) is 10.9 Å². The van der Waals surface area contributed by atoms with Gasteiger partial charge in [0, 0.05) is 11.4 Å². The third kappa shape index (κ3) is 3.99. The quantitative estimate of drug-likeness (QED) is 0.385. The van der Waals surface area contributed by atoms with Crippen molar-refractivity contribution in [3.8, 4) is 16.9 Å². The molecule has 0 N–H and O–H groups in total. The van der Waals surface area contributed by atoms with Crippen LogP contribution in [0.25, 0.3) is 11.1 Å². The fraction of sp³-hybridized carbons (Fsp3) is 0.100. The third-order valence-electron chi connectivity index (χ3n) is 3.99. The SMILES string of the molecule is Cc1ccc(-c2cc(F)c(C(F)(F)Oc3cc(F)c(F)c(P)c3)c(F)c2)cc1. The molecular weight excluding hydrogens is 401 g/mol. The van der Waals surface area contributed by atoms with E-state index in [0.29, 0.717) is 11.6 Å². The Labute approximate surface area is 159 Å². The lowest BCUT2D eigenvalue weighted by Crippen LogP contribution is -2.26. The molecule has 8 heteroatoms. The monoisotopic (exact) mass is 414 g/mol. The van der Waals surface area contributed by atoms with Crippen LogP contribution in [0.3, 0.4) is 0 Å². The highest BCUT2D eigenvalue weighted by molar-refractivity contribution is 7.27. The molecule has 0 saturated carbocycles. The molecular formula is C20H13F6OP. The summed E-state index contributed by atoms with van der Waals surface area (Å²) in [6.45, 7) is 1.82. The summed E-state index contributed by atoms with van der Waals surface area (Å²) in [5, 5.41) is -0.374. The normalized spacial score (nSPS) is 11.6.